The van der Waals surface area contributed by atoms with Gasteiger partial charge in [0.05, 0.1) is 0 Å². The second kappa shape index (κ2) is 6.23. The molecule has 1 fully saturated rings. The van der Waals surface area contributed by atoms with Crippen molar-refractivity contribution >= 4 is 0 Å². The van der Waals surface area contributed by atoms with Gasteiger partial charge in [0.1, 0.15) is 5.82 Å². The number of halogens is 1. The Hall–Kier alpha value is -0.930. The maximum absolute atomic E-state index is 13.9. The van der Waals surface area contributed by atoms with Crippen LogP contribution in [0.3, 0.4) is 0 Å². The summed E-state index contributed by atoms with van der Waals surface area (Å²) in [5, 5.41) is 3.65. The summed E-state index contributed by atoms with van der Waals surface area (Å²) in [6, 6.07) is 8.04. The summed E-state index contributed by atoms with van der Waals surface area (Å²) in [6.07, 6.45) is 1.11. The van der Waals surface area contributed by atoms with Crippen molar-refractivity contribution in [3.63, 3.8) is 0 Å². The maximum atomic E-state index is 13.9. The van der Waals surface area contributed by atoms with Crippen molar-refractivity contribution in [1.82, 2.24) is 10.2 Å². The van der Waals surface area contributed by atoms with Gasteiger partial charge in [0.15, 0.2) is 0 Å². The van der Waals surface area contributed by atoms with E-state index in [1.54, 1.807) is 12.1 Å². The van der Waals surface area contributed by atoms with Crippen LogP contribution >= 0.6 is 0 Å². The molecule has 1 N–H and O–H groups in total. The van der Waals surface area contributed by atoms with Gasteiger partial charge < -0.3 is 5.32 Å². The summed E-state index contributed by atoms with van der Waals surface area (Å²) >= 11 is 0. The smallest absolute Gasteiger partial charge is 0.127 e. The van der Waals surface area contributed by atoms with Gasteiger partial charge in [-0.2, -0.15) is 0 Å². The molecule has 112 valence electrons. The van der Waals surface area contributed by atoms with E-state index >= 15 is 0 Å². The lowest BCUT2D eigenvalue weighted by atomic mass is 9.86. The Balaban J connectivity index is 2.13. The minimum absolute atomic E-state index is 0.0933. The van der Waals surface area contributed by atoms with Crippen molar-refractivity contribution in [2.75, 3.05) is 13.1 Å². The highest BCUT2D eigenvalue weighted by Crippen LogP contribution is 2.24. The highest BCUT2D eigenvalue weighted by molar-refractivity contribution is 5.17. The van der Waals surface area contributed by atoms with Gasteiger partial charge in [0.2, 0.25) is 0 Å². The minimum atomic E-state index is -0.0933. The molecule has 1 aromatic rings. The third-order valence-corrected chi connectivity index (χ3v) is 4.37. The molecule has 2 atom stereocenters. The van der Waals surface area contributed by atoms with Crippen molar-refractivity contribution in [3.05, 3.63) is 35.6 Å². The van der Waals surface area contributed by atoms with Crippen molar-refractivity contribution in [3.8, 4) is 0 Å². The van der Waals surface area contributed by atoms with Crippen LogP contribution in [0.25, 0.3) is 0 Å². The van der Waals surface area contributed by atoms with Crippen LogP contribution in [0.2, 0.25) is 0 Å². The molecule has 20 heavy (non-hydrogen) atoms. The summed E-state index contributed by atoms with van der Waals surface area (Å²) < 4.78 is 13.9. The summed E-state index contributed by atoms with van der Waals surface area (Å²) in [4.78, 5) is 2.41. The van der Waals surface area contributed by atoms with Crippen molar-refractivity contribution < 1.29 is 4.39 Å². The quantitative estimate of drug-likeness (QED) is 0.891. The predicted octanol–water partition coefficient (Wildman–Crippen LogP) is 3.42. The first kappa shape index (κ1) is 15.5. The molecule has 0 aliphatic carbocycles. The largest absolute Gasteiger partial charge is 0.312 e. The first-order chi connectivity index (χ1) is 9.38. The average molecular weight is 278 g/mol. The van der Waals surface area contributed by atoms with E-state index in [0.29, 0.717) is 18.6 Å². The van der Waals surface area contributed by atoms with E-state index in [2.05, 4.69) is 37.9 Å². The monoisotopic (exact) mass is 278 g/mol. The van der Waals surface area contributed by atoms with Crippen LogP contribution in [-0.2, 0) is 6.54 Å². The van der Waals surface area contributed by atoms with Crippen molar-refractivity contribution in [2.24, 2.45) is 5.41 Å². The molecule has 2 rings (SSSR count). The number of nitrogens with one attached hydrogen (secondary N) is 1. The molecule has 0 aromatic heterocycles. The molecule has 2 unspecified atom stereocenters. The van der Waals surface area contributed by atoms with E-state index in [4.69, 9.17) is 0 Å². The van der Waals surface area contributed by atoms with Crippen molar-refractivity contribution in [2.45, 2.75) is 52.7 Å². The topological polar surface area (TPSA) is 15.3 Å². The minimum Gasteiger partial charge on any atom is -0.312 e. The lowest BCUT2D eigenvalue weighted by Gasteiger charge is -2.35. The van der Waals surface area contributed by atoms with Crippen LogP contribution in [0, 0.1) is 11.2 Å². The first-order valence-corrected chi connectivity index (χ1v) is 7.59. The Morgan fingerprint density at radius 1 is 1.30 bits per heavy atom. The Kier molecular flexibility index (Phi) is 4.82. The first-order valence-electron chi connectivity index (χ1n) is 7.59. The molecule has 3 heteroatoms. The molecule has 1 aromatic carbocycles. The second-order valence-electron chi connectivity index (χ2n) is 7.03. The SMILES string of the molecule is CC1CCNC(C(C)(C)C)CN1Cc1ccccc1F. The van der Waals surface area contributed by atoms with Gasteiger partial charge >= 0.3 is 0 Å². The van der Waals surface area contributed by atoms with Gasteiger partial charge in [-0.15, -0.1) is 0 Å². The fourth-order valence-corrected chi connectivity index (χ4v) is 2.77. The Morgan fingerprint density at radius 2 is 2.00 bits per heavy atom. The van der Waals surface area contributed by atoms with E-state index in [9.17, 15) is 4.39 Å². The van der Waals surface area contributed by atoms with Crippen LogP contribution in [-0.4, -0.2) is 30.1 Å². The standard InChI is InChI=1S/C17H27FN2/c1-13-9-10-19-16(17(2,3)4)12-20(13)11-14-7-5-6-8-15(14)18/h5-8,13,16,19H,9-12H2,1-4H3. The fraction of sp³-hybridized carbons (Fsp3) is 0.647. The van der Waals surface area contributed by atoms with E-state index in [1.165, 1.54) is 0 Å². The molecule has 1 saturated heterocycles. The summed E-state index contributed by atoms with van der Waals surface area (Å²) in [5.74, 6) is -0.0933. The van der Waals surface area contributed by atoms with E-state index in [-0.39, 0.29) is 11.2 Å². The molecular formula is C17H27FN2. The molecule has 0 spiro atoms. The van der Waals surface area contributed by atoms with Gasteiger partial charge in [0, 0.05) is 30.7 Å². The molecule has 1 heterocycles. The summed E-state index contributed by atoms with van der Waals surface area (Å²) in [6.45, 7) is 11.7. The summed E-state index contributed by atoms with van der Waals surface area (Å²) in [5.41, 5.74) is 1.02. The zero-order valence-electron chi connectivity index (χ0n) is 13.1. The third-order valence-electron chi connectivity index (χ3n) is 4.37. The number of hydrogen-bond donors (Lipinski definition) is 1. The molecule has 1 aliphatic heterocycles. The molecule has 0 saturated carbocycles. The van der Waals surface area contributed by atoms with E-state index in [0.717, 1.165) is 25.1 Å². The lowest BCUT2D eigenvalue weighted by Crippen LogP contribution is -2.47. The highest BCUT2D eigenvalue weighted by atomic mass is 19.1. The molecule has 1 aliphatic rings. The fourth-order valence-electron chi connectivity index (χ4n) is 2.77. The highest BCUT2D eigenvalue weighted by Gasteiger charge is 2.30. The predicted molar refractivity (Wildman–Crippen MR) is 82.1 cm³/mol. The number of hydrogen-bond acceptors (Lipinski definition) is 2. The normalized spacial score (nSPS) is 25.4. The van der Waals surface area contributed by atoms with Crippen LogP contribution in [0.4, 0.5) is 4.39 Å². The van der Waals surface area contributed by atoms with Gasteiger partial charge in [-0.3, -0.25) is 4.90 Å². The van der Waals surface area contributed by atoms with E-state index in [1.807, 2.05) is 12.1 Å². The Bertz CT molecular complexity index is 439. The van der Waals surface area contributed by atoms with Gasteiger partial charge in [-0.25, -0.2) is 4.39 Å². The van der Waals surface area contributed by atoms with Crippen LogP contribution in [0.15, 0.2) is 24.3 Å². The van der Waals surface area contributed by atoms with Crippen LogP contribution in [0.1, 0.15) is 39.7 Å². The molecule has 0 radical (unpaired) electrons. The Labute approximate surface area is 122 Å². The number of nitrogens with zero attached hydrogens (tertiary/aromatic N) is 1. The number of benzene rings is 1. The van der Waals surface area contributed by atoms with Gasteiger partial charge in [-0.1, -0.05) is 39.0 Å². The number of rotatable bonds is 2. The summed E-state index contributed by atoms with van der Waals surface area (Å²) in [7, 11) is 0. The molecule has 0 amide bonds. The van der Waals surface area contributed by atoms with Gasteiger partial charge in [0.25, 0.3) is 0 Å². The third kappa shape index (κ3) is 3.80. The molecule has 0 bridgehead atoms. The Morgan fingerprint density at radius 3 is 2.65 bits per heavy atom. The second-order valence-corrected chi connectivity index (χ2v) is 7.03. The van der Waals surface area contributed by atoms with Gasteiger partial charge in [-0.05, 0) is 31.4 Å². The lowest BCUT2D eigenvalue weighted by molar-refractivity contribution is 0.156. The van der Waals surface area contributed by atoms with Crippen molar-refractivity contribution in [1.29, 1.82) is 0 Å². The zero-order valence-corrected chi connectivity index (χ0v) is 13.1. The van der Waals surface area contributed by atoms with Crippen LogP contribution < -0.4 is 5.32 Å². The van der Waals surface area contributed by atoms with E-state index < -0.39 is 0 Å². The molecular weight excluding hydrogens is 251 g/mol. The molecule has 2 nitrogen and oxygen atoms in total. The van der Waals surface area contributed by atoms with Crippen LogP contribution in [0.5, 0.6) is 0 Å². The maximum Gasteiger partial charge on any atom is 0.127 e. The average Bonchev–Trinajstić information content (AvgIpc) is 2.54. The zero-order chi connectivity index (χ0) is 14.8.